The van der Waals surface area contributed by atoms with Gasteiger partial charge in [0.05, 0.1) is 17.7 Å². The summed E-state index contributed by atoms with van der Waals surface area (Å²) in [6.07, 6.45) is 4.14. The number of nitrogens with two attached hydrogens (primary N) is 1. The number of likely N-dealkylation sites (N-methyl/N-ethyl adjacent to an activating group) is 1. The number of furan rings is 1. The molecular formula is C23H22FN3O5S. The van der Waals surface area contributed by atoms with Crippen molar-refractivity contribution in [2.45, 2.75) is 17.5 Å². The Morgan fingerprint density at radius 2 is 1.88 bits per heavy atom. The molecule has 33 heavy (non-hydrogen) atoms. The normalized spacial score (nSPS) is 12.5. The number of nitrogens with one attached hydrogen (secondary N) is 1. The van der Waals surface area contributed by atoms with Crippen molar-refractivity contribution < 1.29 is 26.8 Å². The van der Waals surface area contributed by atoms with Crippen LogP contribution in [0.5, 0.6) is 0 Å². The number of benzene rings is 2. The largest absolute Gasteiger partial charge is 0.468 e. The van der Waals surface area contributed by atoms with Crippen molar-refractivity contribution >= 4 is 27.9 Å². The van der Waals surface area contributed by atoms with E-state index in [9.17, 15) is 22.4 Å². The van der Waals surface area contributed by atoms with Crippen LogP contribution in [0.4, 0.5) is 4.39 Å². The zero-order chi connectivity index (χ0) is 24.0. The van der Waals surface area contributed by atoms with E-state index in [0.717, 1.165) is 11.0 Å². The average Bonchev–Trinajstić information content (AvgIpc) is 3.30. The number of rotatable bonds is 9. The van der Waals surface area contributed by atoms with Gasteiger partial charge in [-0.1, -0.05) is 24.3 Å². The lowest BCUT2D eigenvalue weighted by Crippen LogP contribution is -2.38. The van der Waals surface area contributed by atoms with Crippen LogP contribution in [-0.2, 0) is 26.2 Å². The van der Waals surface area contributed by atoms with E-state index in [-0.39, 0.29) is 17.0 Å². The van der Waals surface area contributed by atoms with Crippen LogP contribution < -0.4 is 10.5 Å². The fourth-order valence-corrected chi connectivity index (χ4v) is 4.08. The van der Waals surface area contributed by atoms with Crippen LogP contribution in [0.1, 0.15) is 22.9 Å². The summed E-state index contributed by atoms with van der Waals surface area (Å²) in [6, 6.07) is 13.3. The third-order valence-electron chi connectivity index (χ3n) is 4.79. The maximum Gasteiger partial charge on any atom is 0.247 e. The lowest BCUT2D eigenvalue weighted by molar-refractivity contribution is -0.134. The number of hydrogen-bond acceptors (Lipinski definition) is 5. The van der Waals surface area contributed by atoms with Crippen LogP contribution >= 0.6 is 0 Å². The highest BCUT2D eigenvalue weighted by Crippen LogP contribution is 2.21. The quantitative estimate of drug-likeness (QED) is 0.465. The first-order chi connectivity index (χ1) is 15.7. The molecule has 0 aliphatic carbocycles. The molecule has 3 aromatic rings. The number of sulfonamides is 1. The molecule has 2 aromatic carbocycles. The summed E-state index contributed by atoms with van der Waals surface area (Å²) >= 11 is 0. The lowest BCUT2D eigenvalue weighted by Gasteiger charge is -2.25. The second-order valence-electron chi connectivity index (χ2n) is 7.12. The van der Waals surface area contributed by atoms with Crippen LogP contribution in [0.15, 0.2) is 82.3 Å². The molecule has 1 aromatic heterocycles. The van der Waals surface area contributed by atoms with Crippen LogP contribution in [-0.4, -0.2) is 32.2 Å². The first kappa shape index (κ1) is 23.9. The minimum absolute atomic E-state index is 0.0180. The summed E-state index contributed by atoms with van der Waals surface area (Å²) in [4.78, 5) is 25.6. The molecule has 0 spiro atoms. The van der Waals surface area contributed by atoms with Crippen molar-refractivity contribution in [1.29, 1.82) is 0 Å². The minimum atomic E-state index is -3.74. The molecule has 0 aliphatic rings. The van der Waals surface area contributed by atoms with Gasteiger partial charge in [0, 0.05) is 13.1 Å². The molecule has 1 unspecified atom stereocenters. The first-order valence-electron chi connectivity index (χ1n) is 9.79. The highest BCUT2D eigenvalue weighted by molar-refractivity contribution is 7.89. The van der Waals surface area contributed by atoms with Crippen molar-refractivity contribution in [3.05, 3.63) is 95.7 Å². The third-order valence-corrected chi connectivity index (χ3v) is 6.21. The molecule has 2 amide bonds. The zero-order valence-electron chi connectivity index (χ0n) is 17.6. The molecule has 0 bridgehead atoms. The zero-order valence-corrected chi connectivity index (χ0v) is 18.5. The first-order valence-corrected chi connectivity index (χ1v) is 11.3. The molecule has 1 atom stereocenters. The van der Waals surface area contributed by atoms with Crippen molar-refractivity contribution in [3.8, 4) is 0 Å². The van der Waals surface area contributed by atoms with E-state index >= 15 is 0 Å². The maximum absolute atomic E-state index is 13.5. The highest BCUT2D eigenvalue weighted by atomic mass is 32.2. The van der Waals surface area contributed by atoms with Gasteiger partial charge in [-0.05, 0) is 53.6 Å². The Bertz CT molecular complexity index is 1260. The summed E-state index contributed by atoms with van der Waals surface area (Å²) in [5, 5.41) is 0. The van der Waals surface area contributed by atoms with Crippen molar-refractivity contribution in [1.82, 2.24) is 9.62 Å². The highest BCUT2D eigenvalue weighted by Gasteiger charge is 2.26. The van der Waals surface area contributed by atoms with Gasteiger partial charge in [-0.15, -0.1) is 0 Å². The van der Waals surface area contributed by atoms with Gasteiger partial charge >= 0.3 is 0 Å². The molecule has 0 saturated heterocycles. The summed E-state index contributed by atoms with van der Waals surface area (Å²) in [6.45, 7) is 0.0180. The Morgan fingerprint density at radius 1 is 1.15 bits per heavy atom. The Labute approximate surface area is 190 Å². The number of carbonyl (C=O) groups is 2. The van der Waals surface area contributed by atoms with Gasteiger partial charge in [0.1, 0.15) is 17.6 Å². The third kappa shape index (κ3) is 6.15. The van der Waals surface area contributed by atoms with E-state index in [2.05, 4.69) is 4.72 Å². The van der Waals surface area contributed by atoms with Gasteiger partial charge < -0.3 is 15.1 Å². The number of amides is 2. The van der Waals surface area contributed by atoms with Gasteiger partial charge in [0.2, 0.25) is 21.8 Å². The summed E-state index contributed by atoms with van der Waals surface area (Å²) in [7, 11) is -2.36. The standard InChI is InChI=1S/C23H22FN3O5S/c1-27(22(23(25)29)17-4-2-5-18(24)14-17)21(28)12-9-16-7-10-20(11-8-16)33(30,31)26-15-19-6-3-13-32-19/h2-14,22,26H,15H2,1H3,(H2,25,29)/b12-9+. The summed E-state index contributed by atoms with van der Waals surface area (Å²) in [5.41, 5.74) is 6.24. The Morgan fingerprint density at radius 3 is 2.48 bits per heavy atom. The van der Waals surface area contributed by atoms with Crippen molar-refractivity contribution in [3.63, 3.8) is 0 Å². The number of nitrogens with zero attached hydrogens (tertiary/aromatic N) is 1. The van der Waals surface area contributed by atoms with Crippen molar-refractivity contribution in [2.75, 3.05) is 7.05 Å². The van der Waals surface area contributed by atoms with E-state index in [4.69, 9.17) is 10.2 Å². The lowest BCUT2D eigenvalue weighted by atomic mass is 10.0. The molecule has 1 heterocycles. The van der Waals surface area contributed by atoms with Gasteiger partial charge in [-0.3, -0.25) is 9.59 Å². The molecule has 3 rings (SSSR count). The Balaban J connectivity index is 1.68. The van der Waals surface area contributed by atoms with E-state index in [1.54, 1.807) is 12.1 Å². The van der Waals surface area contributed by atoms with Crippen LogP contribution in [0.2, 0.25) is 0 Å². The van der Waals surface area contributed by atoms with Gasteiger partial charge in [0.25, 0.3) is 0 Å². The number of hydrogen-bond donors (Lipinski definition) is 2. The maximum atomic E-state index is 13.5. The van der Waals surface area contributed by atoms with E-state index < -0.39 is 33.7 Å². The molecule has 172 valence electrons. The number of halogens is 1. The number of primary amides is 1. The van der Waals surface area contributed by atoms with E-state index in [0.29, 0.717) is 11.3 Å². The molecule has 0 radical (unpaired) electrons. The fourth-order valence-electron chi connectivity index (χ4n) is 3.09. The minimum Gasteiger partial charge on any atom is -0.468 e. The predicted octanol–water partition coefficient (Wildman–Crippen LogP) is 2.60. The molecule has 3 N–H and O–H groups in total. The fraction of sp³-hybridized carbons (Fsp3) is 0.130. The second kappa shape index (κ2) is 10.2. The van der Waals surface area contributed by atoms with Gasteiger partial charge in [-0.2, -0.15) is 0 Å². The topological polar surface area (TPSA) is 123 Å². The molecule has 0 fully saturated rings. The Kier molecular flexibility index (Phi) is 7.41. The number of carbonyl (C=O) groups excluding carboxylic acids is 2. The monoisotopic (exact) mass is 471 g/mol. The van der Waals surface area contributed by atoms with Crippen LogP contribution in [0, 0.1) is 5.82 Å². The van der Waals surface area contributed by atoms with E-state index in [1.807, 2.05) is 0 Å². The molecule has 8 nitrogen and oxygen atoms in total. The molecular weight excluding hydrogens is 449 g/mol. The summed E-state index contributed by atoms with van der Waals surface area (Å²) in [5.74, 6) is -1.42. The summed E-state index contributed by atoms with van der Waals surface area (Å²) < 4.78 is 45.9. The van der Waals surface area contributed by atoms with Gasteiger partial charge in [0.15, 0.2) is 0 Å². The van der Waals surface area contributed by atoms with Crippen molar-refractivity contribution in [2.24, 2.45) is 5.73 Å². The van der Waals surface area contributed by atoms with Gasteiger partial charge in [-0.25, -0.2) is 17.5 Å². The molecule has 0 aliphatic heterocycles. The molecule has 10 heteroatoms. The predicted molar refractivity (Wildman–Crippen MR) is 119 cm³/mol. The smallest absolute Gasteiger partial charge is 0.247 e. The molecule has 0 saturated carbocycles. The average molecular weight is 472 g/mol. The van der Waals surface area contributed by atoms with E-state index in [1.165, 1.54) is 67.9 Å². The SMILES string of the molecule is CN(C(=O)/C=C/c1ccc(S(=O)(=O)NCc2ccco2)cc1)C(C(N)=O)c1cccc(F)c1. The second-order valence-corrected chi connectivity index (χ2v) is 8.88. The van der Waals surface area contributed by atoms with Crippen LogP contribution in [0.3, 0.4) is 0 Å². The Hall–Kier alpha value is -3.76. The van der Waals surface area contributed by atoms with Crippen LogP contribution in [0.25, 0.3) is 6.08 Å².